The summed E-state index contributed by atoms with van der Waals surface area (Å²) >= 11 is 0. The minimum absolute atomic E-state index is 0.121. The number of rotatable bonds is 2. The van der Waals surface area contributed by atoms with E-state index in [1.54, 1.807) is 6.07 Å². The van der Waals surface area contributed by atoms with Crippen LogP contribution in [0.2, 0.25) is 0 Å². The molecule has 3 unspecified atom stereocenters. The van der Waals surface area contributed by atoms with Crippen molar-refractivity contribution < 1.29 is 30.3 Å². The van der Waals surface area contributed by atoms with E-state index in [-0.39, 0.29) is 17.1 Å². The largest absolute Gasteiger partial charge is 0.508 e. The van der Waals surface area contributed by atoms with Crippen LogP contribution in [-0.4, -0.2) is 31.6 Å². The SMILES string of the molecule is CCc1cc2c(cc1O)OC(c1cc(O)c(O)c(O)c1)C(O)C2C(C)(C)C. The third-order valence-corrected chi connectivity index (χ3v) is 5.19. The number of phenols is 4. The van der Waals surface area contributed by atoms with Gasteiger partial charge in [-0.05, 0) is 35.6 Å². The molecule has 2 aromatic carbocycles. The van der Waals surface area contributed by atoms with E-state index in [9.17, 15) is 25.5 Å². The zero-order chi connectivity index (χ0) is 20.1. The van der Waals surface area contributed by atoms with Crippen molar-refractivity contribution in [1.82, 2.24) is 0 Å². The Morgan fingerprint density at radius 3 is 2.04 bits per heavy atom. The molecular weight excluding hydrogens is 348 g/mol. The quantitative estimate of drug-likeness (QED) is 0.513. The van der Waals surface area contributed by atoms with E-state index >= 15 is 0 Å². The molecule has 0 aliphatic carbocycles. The summed E-state index contributed by atoms with van der Waals surface area (Å²) in [5, 5.41) is 50.7. The molecule has 6 heteroatoms. The van der Waals surface area contributed by atoms with Crippen molar-refractivity contribution in [2.24, 2.45) is 5.41 Å². The Balaban J connectivity index is 2.17. The molecule has 1 heterocycles. The molecule has 6 nitrogen and oxygen atoms in total. The van der Waals surface area contributed by atoms with Crippen LogP contribution in [0.15, 0.2) is 24.3 Å². The van der Waals surface area contributed by atoms with Gasteiger partial charge in [0.2, 0.25) is 0 Å². The van der Waals surface area contributed by atoms with Gasteiger partial charge < -0.3 is 30.3 Å². The van der Waals surface area contributed by atoms with Crippen LogP contribution in [0.25, 0.3) is 0 Å². The highest BCUT2D eigenvalue weighted by Crippen LogP contribution is 2.52. The molecule has 2 aromatic rings. The molecule has 5 N–H and O–H groups in total. The van der Waals surface area contributed by atoms with Crippen molar-refractivity contribution in [3.8, 4) is 28.7 Å². The van der Waals surface area contributed by atoms with Crippen LogP contribution in [0.1, 0.15) is 56.4 Å². The summed E-state index contributed by atoms with van der Waals surface area (Å²) in [5.74, 6) is -1.36. The van der Waals surface area contributed by atoms with E-state index in [1.807, 2.05) is 33.8 Å². The van der Waals surface area contributed by atoms with Gasteiger partial charge in [-0.3, -0.25) is 0 Å². The summed E-state index contributed by atoms with van der Waals surface area (Å²) < 4.78 is 5.97. The fourth-order valence-corrected chi connectivity index (χ4v) is 3.86. The second kappa shape index (κ2) is 6.53. The second-order valence-corrected chi connectivity index (χ2v) is 8.15. The Morgan fingerprint density at radius 1 is 0.926 bits per heavy atom. The van der Waals surface area contributed by atoms with Crippen LogP contribution in [0.3, 0.4) is 0 Å². The number of aromatic hydroxyl groups is 4. The molecule has 0 aromatic heterocycles. The van der Waals surface area contributed by atoms with Crippen LogP contribution >= 0.6 is 0 Å². The molecular formula is C21H26O6. The van der Waals surface area contributed by atoms with Gasteiger partial charge in [-0.1, -0.05) is 27.7 Å². The number of aliphatic hydroxyl groups is 1. The number of hydrogen-bond donors (Lipinski definition) is 5. The topological polar surface area (TPSA) is 110 Å². The summed E-state index contributed by atoms with van der Waals surface area (Å²) in [7, 11) is 0. The zero-order valence-corrected chi connectivity index (χ0v) is 15.9. The lowest BCUT2D eigenvalue weighted by Crippen LogP contribution is -2.40. The maximum Gasteiger partial charge on any atom is 0.200 e. The first-order valence-corrected chi connectivity index (χ1v) is 9.00. The number of fused-ring (bicyclic) bond motifs is 1. The lowest BCUT2D eigenvalue weighted by atomic mass is 9.69. The Labute approximate surface area is 158 Å². The first-order valence-electron chi connectivity index (χ1n) is 9.00. The monoisotopic (exact) mass is 374 g/mol. The number of benzene rings is 2. The van der Waals surface area contributed by atoms with E-state index in [1.165, 1.54) is 12.1 Å². The van der Waals surface area contributed by atoms with Gasteiger partial charge in [0.1, 0.15) is 17.6 Å². The Bertz CT molecular complexity index is 845. The van der Waals surface area contributed by atoms with E-state index in [0.29, 0.717) is 17.7 Å². The maximum atomic E-state index is 11.1. The highest BCUT2D eigenvalue weighted by molar-refractivity contribution is 5.54. The van der Waals surface area contributed by atoms with Crippen LogP contribution in [0.5, 0.6) is 28.7 Å². The van der Waals surface area contributed by atoms with Crippen LogP contribution < -0.4 is 4.74 Å². The fraction of sp³-hybridized carbons (Fsp3) is 0.429. The summed E-state index contributed by atoms with van der Waals surface area (Å²) in [6, 6.07) is 5.93. The molecule has 0 fully saturated rings. The summed E-state index contributed by atoms with van der Waals surface area (Å²) in [5.41, 5.74) is 1.60. The van der Waals surface area contributed by atoms with E-state index in [2.05, 4.69) is 0 Å². The van der Waals surface area contributed by atoms with Crippen molar-refractivity contribution in [1.29, 1.82) is 0 Å². The van der Waals surface area contributed by atoms with Gasteiger partial charge in [-0.25, -0.2) is 0 Å². The smallest absolute Gasteiger partial charge is 0.200 e. The molecule has 27 heavy (non-hydrogen) atoms. The maximum absolute atomic E-state index is 11.1. The number of phenolic OH excluding ortho intramolecular Hbond substituents is 4. The molecule has 0 spiro atoms. The zero-order valence-electron chi connectivity index (χ0n) is 15.9. The Hall–Kier alpha value is -2.60. The molecule has 146 valence electrons. The van der Waals surface area contributed by atoms with Crippen LogP contribution in [0, 0.1) is 5.41 Å². The molecule has 0 saturated carbocycles. The number of aliphatic hydroxyl groups excluding tert-OH is 1. The van der Waals surface area contributed by atoms with Gasteiger partial charge in [0.25, 0.3) is 0 Å². The first-order chi connectivity index (χ1) is 12.5. The van der Waals surface area contributed by atoms with Gasteiger partial charge in [0.15, 0.2) is 23.4 Å². The molecule has 0 amide bonds. The first kappa shape index (κ1) is 19.2. The average Bonchev–Trinajstić information content (AvgIpc) is 2.57. The average molecular weight is 374 g/mol. The molecule has 3 rings (SSSR count). The van der Waals surface area contributed by atoms with Crippen LogP contribution in [-0.2, 0) is 6.42 Å². The molecule has 0 saturated heterocycles. The summed E-state index contributed by atoms with van der Waals surface area (Å²) in [6.07, 6.45) is -1.20. The van der Waals surface area contributed by atoms with Crippen molar-refractivity contribution in [3.63, 3.8) is 0 Å². The van der Waals surface area contributed by atoms with E-state index in [0.717, 1.165) is 11.1 Å². The standard InChI is InChI=1S/C21H26O6/c1-5-10-6-12-16(9-13(10)22)27-20(19(26)17(12)21(2,3)4)11-7-14(23)18(25)15(24)8-11/h6-9,17,19-20,22-26H,5H2,1-4H3. The van der Waals surface area contributed by atoms with Crippen molar-refractivity contribution in [3.05, 3.63) is 41.0 Å². The number of ether oxygens (including phenoxy) is 1. The lowest BCUT2D eigenvalue weighted by molar-refractivity contribution is -0.0275. The summed E-state index contributed by atoms with van der Waals surface area (Å²) in [4.78, 5) is 0. The van der Waals surface area contributed by atoms with Gasteiger partial charge >= 0.3 is 0 Å². The number of aryl methyl sites for hydroxylation is 1. The van der Waals surface area contributed by atoms with Gasteiger partial charge in [-0.15, -0.1) is 0 Å². The van der Waals surface area contributed by atoms with Crippen molar-refractivity contribution in [2.45, 2.75) is 52.2 Å². The highest BCUT2D eigenvalue weighted by Gasteiger charge is 2.44. The lowest BCUT2D eigenvalue weighted by Gasteiger charge is -2.43. The predicted molar refractivity (Wildman–Crippen MR) is 100 cm³/mol. The number of hydrogen-bond acceptors (Lipinski definition) is 6. The Kier molecular flexibility index (Phi) is 4.64. The molecule has 0 bridgehead atoms. The molecule has 1 aliphatic rings. The van der Waals surface area contributed by atoms with E-state index < -0.39 is 29.5 Å². The Morgan fingerprint density at radius 2 is 1.52 bits per heavy atom. The predicted octanol–water partition coefficient (Wildman–Crippen LogP) is 3.70. The second-order valence-electron chi connectivity index (χ2n) is 8.15. The third-order valence-electron chi connectivity index (χ3n) is 5.19. The normalized spacial score (nSPS) is 22.2. The van der Waals surface area contributed by atoms with E-state index in [4.69, 9.17) is 4.74 Å². The van der Waals surface area contributed by atoms with Gasteiger partial charge in [-0.2, -0.15) is 0 Å². The minimum atomic E-state index is -0.963. The van der Waals surface area contributed by atoms with Crippen LogP contribution in [0.4, 0.5) is 0 Å². The van der Waals surface area contributed by atoms with Crippen molar-refractivity contribution >= 4 is 0 Å². The minimum Gasteiger partial charge on any atom is -0.508 e. The molecule has 3 atom stereocenters. The van der Waals surface area contributed by atoms with Gasteiger partial charge in [0, 0.05) is 23.1 Å². The molecule has 0 radical (unpaired) electrons. The summed E-state index contributed by atoms with van der Waals surface area (Å²) in [6.45, 7) is 7.98. The molecule has 1 aliphatic heterocycles. The van der Waals surface area contributed by atoms with Crippen molar-refractivity contribution in [2.75, 3.05) is 0 Å². The van der Waals surface area contributed by atoms with Gasteiger partial charge in [0.05, 0.1) is 0 Å². The fourth-order valence-electron chi connectivity index (χ4n) is 3.86. The highest BCUT2D eigenvalue weighted by atomic mass is 16.5. The third kappa shape index (κ3) is 3.25.